The van der Waals surface area contributed by atoms with Gasteiger partial charge in [-0.05, 0) is 44.2 Å². The Morgan fingerprint density at radius 2 is 2.14 bits per heavy atom. The number of fused-ring (bicyclic) bond motifs is 2. The fourth-order valence-corrected chi connectivity index (χ4v) is 4.48. The SMILES string of the molecule is O=C(C1CC2CCC1N2)N(Cc1ccco1)C1CCCC1. The molecule has 4 nitrogen and oxygen atoms in total. The molecule has 0 aromatic carbocycles. The summed E-state index contributed by atoms with van der Waals surface area (Å²) in [4.78, 5) is 15.2. The number of furan rings is 1. The zero-order valence-electron chi connectivity index (χ0n) is 12.5. The van der Waals surface area contributed by atoms with E-state index in [2.05, 4.69) is 10.2 Å². The van der Waals surface area contributed by atoms with Gasteiger partial charge in [0.25, 0.3) is 0 Å². The van der Waals surface area contributed by atoms with Crippen LogP contribution < -0.4 is 5.32 Å². The summed E-state index contributed by atoms with van der Waals surface area (Å²) < 4.78 is 5.49. The van der Waals surface area contributed by atoms with Gasteiger partial charge in [-0.3, -0.25) is 4.79 Å². The van der Waals surface area contributed by atoms with E-state index in [0.29, 0.717) is 30.6 Å². The lowest BCUT2D eigenvalue weighted by molar-refractivity contribution is -0.139. The van der Waals surface area contributed by atoms with Crippen molar-refractivity contribution < 1.29 is 9.21 Å². The van der Waals surface area contributed by atoms with E-state index in [1.165, 1.54) is 25.7 Å². The van der Waals surface area contributed by atoms with Gasteiger partial charge in [-0.2, -0.15) is 0 Å². The van der Waals surface area contributed by atoms with Crippen molar-refractivity contribution in [2.45, 2.75) is 69.6 Å². The second kappa shape index (κ2) is 5.48. The highest BCUT2D eigenvalue weighted by molar-refractivity contribution is 5.80. The fourth-order valence-electron chi connectivity index (χ4n) is 4.48. The Kier molecular flexibility index (Phi) is 3.49. The Morgan fingerprint density at radius 3 is 2.76 bits per heavy atom. The van der Waals surface area contributed by atoms with Gasteiger partial charge in [-0.25, -0.2) is 0 Å². The summed E-state index contributed by atoms with van der Waals surface area (Å²) in [6.07, 6.45) is 9.96. The molecule has 4 heteroatoms. The molecule has 3 atom stereocenters. The normalized spacial score (nSPS) is 31.9. The highest BCUT2D eigenvalue weighted by atomic mass is 16.3. The molecule has 3 fully saturated rings. The summed E-state index contributed by atoms with van der Waals surface area (Å²) in [5, 5.41) is 3.59. The van der Waals surface area contributed by atoms with Crippen LogP contribution in [0.5, 0.6) is 0 Å². The topological polar surface area (TPSA) is 45.5 Å². The van der Waals surface area contributed by atoms with Crippen molar-refractivity contribution >= 4 is 5.91 Å². The monoisotopic (exact) mass is 288 g/mol. The molecular formula is C17H24N2O2. The zero-order chi connectivity index (χ0) is 14.2. The largest absolute Gasteiger partial charge is 0.467 e. The number of carbonyl (C=O) groups excluding carboxylic acids is 1. The summed E-state index contributed by atoms with van der Waals surface area (Å²) >= 11 is 0. The van der Waals surface area contributed by atoms with Gasteiger partial charge in [-0.15, -0.1) is 0 Å². The minimum absolute atomic E-state index is 0.194. The van der Waals surface area contributed by atoms with Crippen LogP contribution in [0.4, 0.5) is 0 Å². The summed E-state index contributed by atoms with van der Waals surface area (Å²) in [5.74, 6) is 1.46. The maximum absolute atomic E-state index is 13.1. The maximum Gasteiger partial charge on any atom is 0.227 e. The van der Waals surface area contributed by atoms with Gasteiger partial charge in [-0.1, -0.05) is 12.8 Å². The first-order valence-electron chi connectivity index (χ1n) is 8.40. The van der Waals surface area contributed by atoms with Crippen molar-refractivity contribution in [2.75, 3.05) is 0 Å². The minimum atomic E-state index is 0.194. The Bertz CT molecular complexity index is 493. The van der Waals surface area contributed by atoms with E-state index in [1.807, 2.05) is 12.1 Å². The van der Waals surface area contributed by atoms with Crippen LogP contribution in [0.15, 0.2) is 22.8 Å². The van der Waals surface area contributed by atoms with Crippen molar-refractivity contribution in [2.24, 2.45) is 5.92 Å². The zero-order valence-corrected chi connectivity index (χ0v) is 12.5. The van der Waals surface area contributed by atoms with E-state index < -0.39 is 0 Å². The smallest absolute Gasteiger partial charge is 0.227 e. The number of rotatable bonds is 4. The first-order chi connectivity index (χ1) is 10.3. The molecule has 2 bridgehead atoms. The van der Waals surface area contributed by atoms with E-state index in [9.17, 15) is 4.79 Å². The molecule has 1 saturated carbocycles. The Labute approximate surface area is 125 Å². The van der Waals surface area contributed by atoms with Crippen LogP contribution in [0, 0.1) is 5.92 Å². The quantitative estimate of drug-likeness (QED) is 0.926. The molecule has 1 aromatic rings. The molecule has 1 amide bonds. The predicted molar refractivity (Wildman–Crippen MR) is 79.6 cm³/mol. The van der Waals surface area contributed by atoms with Crippen molar-refractivity contribution in [1.29, 1.82) is 0 Å². The van der Waals surface area contributed by atoms with E-state index in [4.69, 9.17) is 4.42 Å². The average Bonchev–Trinajstić information content (AvgIpc) is 3.29. The second-order valence-electron chi connectivity index (χ2n) is 6.87. The highest BCUT2D eigenvalue weighted by Gasteiger charge is 2.45. The Hall–Kier alpha value is -1.29. The third kappa shape index (κ3) is 2.50. The predicted octanol–water partition coefficient (Wildman–Crippen LogP) is 2.69. The van der Waals surface area contributed by atoms with Crippen LogP contribution in [-0.4, -0.2) is 28.9 Å². The van der Waals surface area contributed by atoms with Gasteiger partial charge in [0, 0.05) is 18.1 Å². The van der Waals surface area contributed by atoms with Gasteiger partial charge in [0.05, 0.1) is 18.7 Å². The van der Waals surface area contributed by atoms with E-state index in [0.717, 1.165) is 25.0 Å². The number of hydrogen-bond donors (Lipinski definition) is 1. The third-order valence-electron chi connectivity index (χ3n) is 5.57. The lowest BCUT2D eigenvalue weighted by Crippen LogP contribution is -2.45. The van der Waals surface area contributed by atoms with E-state index in [-0.39, 0.29) is 5.92 Å². The third-order valence-corrected chi connectivity index (χ3v) is 5.57. The molecule has 0 spiro atoms. The molecular weight excluding hydrogens is 264 g/mol. The maximum atomic E-state index is 13.1. The number of amides is 1. The van der Waals surface area contributed by atoms with Gasteiger partial charge in [0.15, 0.2) is 0 Å². The highest BCUT2D eigenvalue weighted by Crippen LogP contribution is 2.36. The van der Waals surface area contributed by atoms with Gasteiger partial charge < -0.3 is 14.6 Å². The number of nitrogens with one attached hydrogen (secondary N) is 1. The van der Waals surface area contributed by atoms with Gasteiger partial charge >= 0.3 is 0 Å². The molecule has 114 valence electrons. The summed E-state index contributed by atoms with van der Waals surface area (Å²) in [6.45, 7) is 0.643. The molecule has 1 N–H and O–H groups in total. The van der Waals surface area contributed by atoms with E-state index >= 15 is 0 Å². The van der Waals surface area contributed by atoms with Crippen molar-refractivity contribution in [3.63, 3.8) is 0 Å². The van der Waals surface area contributed by atoms with Crippen molar-refractivity contribution in [1.82, 2.24) is 10.2 Å². The van der Waals surface area contributed by atoms with Crippen LogP contribution in [0.25, 0.3) is 0 Å². The van der Waals surface area contributed by atoms with Crippen LogP contribution in [0.1, 0.15) is 50.7 Å². The second-order valence-corrected chi connectivity index (χ2v) is 6.87. The number of carbonyl (C=O) groups is 1. The van der Waals surface area contributed by atoms with Crippen LogP contribution in [0.3, 0.4) is 0 Å². The molecule has 4 rings (SSSR count). The first kappa shape index (κ1) is 13.4. The molecule has 1 aromatic heterocycles. The van der Waals surface area contributed by atoms with Gasteiger partial charge in [0.2, 0.25) is 5.91 Å². The molecule has 3 unspecified atom stereocenters. The molecule has 0 radical (unpaired) electrons. The molecule has 21 heavy (non-hydrogen) atoms. The van der Waals surface area contributed by atoms with Crippen LogP contribution >= 0.6 is 0 Å². The Morgan fingerprint density at radius 1 is 1.29 bits per heavy atom. The number of nitrogens with zero attached hydrogens (tertiary/aromatic N) is 1. The molecule has 1 aliphatic carbocycles. The van der Waals surface area contributed by atoms with Gasteiger partial charge in [0.1, 0.15) is 5.76 Å². The molecule has 2 saturated heterocycles. The molecule has 3 aliphatic rings. The van der Waals surface area contributed by atoms with Crippen molar-refractivity contribution in [3.05, 3.63) is 24.2 Å². The fraction of sp³-hybridized carbons (Fsp3) is 0.706. The van der Waals surface area contributed by atoms with Crippen molar-refractivity contribution in [3.8, 4) is 0 Å². The summed E-state index contributed by atoms with van der Waals surface area (Å²) in [5.41, 5.74) is 0. The van der Waals surface area contributed by atoms with Crippen LogP contribution in [-0.2, 0) is 11.3 Å². The summed E-state index contributed by atoms with van der Waals surface area (Å²) in [7, 11) is 0. The summed E-state index contributed by atoms with van der Waals surface area (Å²) in [6, 6.07) is 5.31. The van der Waals surface area contributed by atoms with E-state index in [1.54, 1.807) is 6.26 Å². The molecule has 3 heterocycles. The lowest BCUT2D eigenvalue weighted by atomic mass is 9.87. The average molecular weight is 288 g/mol. The standard InChI is InChI=1S/C17H24N2O2/c20-17(15-10-12-7-8-16(15)18-12)19(13-4-1-2-5-13)11-14-6-3-9-21-14/h3,6,9,12-13,15-16,18H,1-2,4-5,7-8,10-11H2. The minimum Gasteiger partial charge on any atom is -0.467 e. The first-order valence-corrected chi connectivity index (χ1v) is 8.40. The van der Waals surface area contributed by atoms with Crippen LogP contribution in [0.2, 0.25) is 0 Å². The Balaban J connectivity index is 1.52. The molecule has 2 aliphatic heterocycles. The number of hydrogen-bond acceptors (Lipinski definition) is 3. The lowest BCUT2D eigenvalue weighted by Gasteiger charge is -2.33.